The molecule has 0 aromatic heterocycles. The van der Waals surface area contributed by atoms with Gasteiger partial charge in [0.25, 0.3) is 0 Å². The van der Waals surface area contributed by atoms with Crippen molar-refractivity contribution in [2.24, 2.45) is 0 Å². The van der Waals surface area contributed by atoms with Gasteiger partial charge >= 0.3 is 0 Å². The standard InChI is InChI=1S/C24H34N2/c1-3-19-5-9-21(10-6-19)17-25-23-13-15-24(16-14-23)26-18-22-11-7-20(4-2)8-12-22/h5-12,23-26H,3-4,13-18H2,1-2H3. The number of nitrogens with one attached hydrogen (secondary N) is 2. The largest absolute Gasteiger partial charge is 0.310 e. The maximum absolute atomic E-state index is 3.75. The summed E-state index contributed by atoms with van der Waals surface area (Å²) in [6.45, 7) is 6.41. The molecule has 26 heavy (non-hydrogen) atoms. The van der Waals surface area contributed by atoms with Crippen molar-refractivity contribution < 1.29 is 0 Å². The molecule has 1 aliphatic rings. The monoisotopic (exact) mass is 350 g/mol. The number of hydrogen-bond donors (Lipinski definition) is 2. The van der Waals surface area contributed by atoms with Gasteiger partial charge in [-0.2, -0.15) is 0 Å². The maximum Gasteiger partial charge on any atom is 0.0208 e. The molecule has 2 heteroatoms. The van der Waals surface area contributed by atoms with Gasteiger partial charge in [0, 0.05) is 25.2 Å². The van der Waals surface area contributed by atoms with Gasteiger partial charge < -0.3 is 10.6 Å². The van der Waals surface area contributed by atoms with Crippen LogP contribution in [0.25, 0.3) is 0 Å². The summed E-state index contributed by atoms with van der Waals surface area (Å²) in [6, 6.07) is 19.4. The Morgan fingerprint density at radius 1 is 0.577 bits per heavy atom. The molecule has 2 nitrogen and oxygen atoms in total. The van der Waals surface area contributed by atoms with E-state index in [0.29, 0.717) is 12.1 Å². The molecule has 140 valence electrons. The summed E-state index contributed by atoms with van der Waals surface area (Å²) < 4.78 is 0. The summed E-state index contributed by atoms with van der Waals surface area (Å²) in [7, 11) is 0. The van der Waals surface area contributed by atoms with Crippen LogP contribution < -0.4 is 10.6 Å². The quantitative estimate of drug-likeness (QED) is 0.700. The van der Waals surface area contributed by atoms with Crippen LogP contribution in [-0.4, -0.2) is 12.1 Å². The van der Waals surface area contributed by atoms with Gasteiger partial charge in [0.1, 0.15) is 0 Å². The predicted molar refractivity (Wildman–Crippen MR) is 111 cm³/mol. The van der Waals surface area contributed by atoms with Crippen molar-refractivity contribution in [1.29, 1.82) is 0 Å². The van der Waals surface area contributed by atoms with Crippen molar-refractivity contribution >= 4 is 0 Å². The molecule has 1 fully saturated rings. The van der Waals surface area contributed by atoms with E-state index in [1.807, 2.05) is 0 Å². The molecule has 1 saturated carbocycles. The lowest BCUT2D eigenvalue weighted by atomic mass is 9.91. The molecule has 0 bridgehead atoms. The summed E-state index contributed by atoms with van der Waals surface area (Å²) in [5, 5.41) is 7.51. The molecule has 2 N–H and O–H groups in total. The Kier molecular flexibility index (Phi) is 7.28. The summed E-state index contributed by atoms with van der Waals surface area (Å²) >= 11 is 0. The third-order valence-electron chi connectivity index (χ3n) is 5.78. The first kappa shape index (κ1) is 19.1. The van der Waals surface area contributed by atoms with Crippen LogP contribution in [0, 0.1) is 0 Å². The Labute approximate surface area is 159 Å². The number of benzene rings is 2. The number of aryl methyl sites for hydroxylation is 2. The fraction of sp³-hybridized carbons (Fsp3) is 0.500. The van der Waals surface area contributed by atoms with E-state index >= 15 is 0 Å². The van der Waals surface area contributed by atoms with Crippen LogP contribution in [-0.2, 0) is 25.9 Å². The first-order valence-corrected chi connectivity index (χ1v) is 10.4. The molecular formula is C24H34N2. The highest BCUT2D eigenvalue weighted by Gasteiger charge is 2.20. The topological polar surface area (TPSA) is 24.1 Å². The van der Waals surface area contributed by atoms with Crippen LogP contribution in [0.15, 0.2) is 48.5 Å². The highest BCUT2D eigenvalue weighted by atomic mass is 14.9. The minimum absolute atomic E-state index is 0.669. The van der Waals surface area contributed by atoms with Crippen molar-refractivity contribution in [3.8, 4) is 0 Å². The van der Waals surface area contributed by atoms with Crippen LogP contribution in [0.5, 0.6) is 0 Å². The molecule has 2 aromatic rings. The van der Waals surface area contributed by atoms with Crippen molar-refractivity contribution in [3.63, 3.8) is 0 Å². The molecule has 0 heterocycles. The summed E-state index contributed by atoms with van der Waals surface area (Å²) in [5.41, 5.74) is 5.64. The van der Waals surface area contributed by atoms with E-state index in [2.05, 4.69) is 73.0 Å². The summed E-state index contributed by atoms with van der Waals surface area (Å²) in [4.78, 5) is 0. The second-order valence-electron chi connectivity index (χ2n) is 7.65. The number of hydrogen-bond acceptors (Lipinski definition) is 2. The lowest BCUT2D eigenvalue weighted by Crippen LogP contribution is -2.39. The normalized spacial score (nSPS) is 20.2. The van der Waals surface area contributed by atoms with Crippen molar-refractivity contribution in [2.45, 2.75) is 77.5 Å². The zero-order chi connectivity index (χ0) is 18.2. The Balaban J connectivity index is 1.35. The molecule has 0 aliphatic heterocycles. The zero-order valence-electron chi connectivity index (χ0n) is 16.4. The summed E-state index contributed by atoms with van der Waals surface area (Å²) in [6.07, 6.45) is 7.35. The highest BCUT2D eigenvalue weighted by molar-refractivity contribution is 5.23. The van der Waals surface area contributed by atoms with Gasteiger partial charge in [0.05, 0.1) is 0 Å². The van der Waals surface area contributed by atoms with E-state index in [1.165, 1.54) is 47.9 Å². The zero-order valence-corrected chi connectivity index (χ0v) is 16.4. The lowest BCUT2D eigenvalue weighted by molar-refractivity contribution is 0.305. The Bertz CT molecular complexity index is 577. The molecule has 2 aromatic carbocycles. The van der Waals surface area contributed by atoms with Crippen molar-refractivity contribution in [1.82, 2.24) is 10.6 Å². The molecule has 0 atom stereocenters. The lowest BCUT2D eigenvalue weighted by Gasteiger charge is -2.30. The van der Waals surface area contributed by atoms with Crippen LogP contribution in [0.4, 0.5) is 0 Å². The second kappa shape index (κ2) is 9.89. The maximum atomic E-state index is 3.75. The van der Waals surface area contributed by atoms with Crippen molar-refractivity contribution in [2.75, 3.05) is 0 Å². The first-order valence-electron chi connectivity index (χ1n) is 10.4. The molecule has 3 rings (SSSR count). The average molecular weight is 351 g/mol. The SMILES string of the molecule is CCc1ccc(CNC2CCC(NCc3ccc(CC)cc3)CC2)cc1. The number of rotatable bonds is 8. The predicted octanol–water partition coefficient (Wildman–Crippen LogP) is 5.00. The van der Waals surface area contributed by atoms with E-state index in [4.69, 9.17) is 0 Å². The molecule has 0 amide bonds. The van der Waals surface area contributed by atoms with E-state index < -0.39 is 0 Å². The second-order valence-corrected chi connectivity index (χ2v) is 7.65. The average Bonchev–Trinajstić information content (AvgIpc) is 2.72. The molecule has 0 unspecified atom stereocenters. The third kappa shape index (κ3) is 5.69. The van der Waals surface area contributed by atoms with Gasteiger partial charge in [-0.3, -0.25) is 0 Å². The third-order valence-corrected chi connectivity index (χ3v) is 5.78. The van der Waals surface area contributed by atoms with Crippen LogP contribution in [0.2, 0.25) is 0 Å². The Morgan fingerprint density at radius 3 is 1.19 bits per heavy atom. The molecule has 0 saturated heterocycles. The van der Waals surface area contributed by atoms with E-state index in [9.17, 15) is 0 Å². The van der Waals surface area contributed by atoms with Crippen molar-refractivity contribution in [3.05, 3.63) is 70.8 Å². The molecule has 0 radical (unpaired) electrons. The first-order chi connectivity index (χ1) is 12.8. The fourth-order valence-corrected chi connectivity index (χ4v) is 3.81. The van der Waals surface area contributed by atoms with Gasteiger partial charge in [-0.25, -0.2) is 0 Å². The highest BCUT2D eigenvalue weighted by Crippen LogP contribution is 2.20. The minimum atomic E-state index is 0.669. The van der Waals surface area contributed by atoms with E-state index in [1.54, 1.807) is 0 Å². The molecular weight excluding hydrogens is 316 g/mol. The Morgan fingerprint density at radius 2 is 0.885 bits per heavy atom. The smallest absolute Gasteiger partial charge is 0.0208 e. The van der Waals surface area contributed by atoms with Gasteiger partial charge in [-0.15, -0.1) is 0 Å². The van der Waals surface area contributed by atoms with Gasteiger partial charge in [0.2, 0.25) is 0 Å². The van der Waals surface area contributed by atoms with Gasteiger partial charge in [-0.05, 0) is 60.8 Å². The fourth-order valence-electron chi connectivity index (χ4n) is 3.81. The molecule has 0 spiro atoms. The van der Waals surface area contributed by atoms with Crippen LogP contribution >= 0.6 is 0 Å². The Hall–Kier alpha value is -1.64. The van der Waals surface area contributed by atoms with Crippen LogP contribution in [0.1, 0.15) is 61.8 Å². The van der Waals surface area contributed by atoms with E-state index in [-0.39, 0.29) is 0 Å². The van der Waals surface area contributed by atoms with Gasteiger partial charge in [0.15, 0.2) is 0 Å². The molecule has 1 aliphatic carbocycles. The van der Waals surface area contributed by atoms with Crippen LogP contribution in [0.3, 0.4) is 0 Å². The minimum Gasteiger partial charge on any atom is -0.310 e. The summed E-state index contributed by atoms with van der Waals surface area (Å²) in [5.74, 6) is 0. The van der Waals surface area contributed by atoms with E-state index in [0.717, 1.165) is 25.9 Å². The van der Waals surface area contributed by atoms with Gasteiger partial charge in [-0.1, -0.05) is 62.4 Å².